The van der Waals surface area contributed by atoms with Crippen LogP contribution < -0.4 is 21.9 Å². The number of amides is 5. The number of aromatic amines is 1. The summed E-state index contributed by atoms with van der Waals surface area (Å²) in [6.07, 6.45) is 0.951. The number of imide groups is 2. The smallest absolute Gasteiger partial charge is 0.352 e. The van der Waals surface area contributed by atoms with Crippen LogP contribution in [0, 0.1) is 0 Å². The van der Waals surface area contributed by atoms with E-state index in [0.717, 1.165) is 27.8 Å². The van der Waals surface area contributed by atoms with Gasteiger partial charge in [0.15, 0.2) is 0 Å². The lowest BCUT2D eigenvalue weighted by molar-refractivity contribution is -0.157. The average molecular weight is 774 g/mol. The Labute approximate surface area is 313 Å². The van der Waals surface area contributed by atoms with E-state index in [1.54, 1.807) is 37.4 Å². The standard InChI is InChI=1S/C33H31N11O8S2/c1-16(45)42(22(46)12-34)20-10-8-18(9-11-20)26-36-13-21(27(47)37-26)28(48)43(29(49)23(35)17-6-4-3-5-7-17)25-30(50)44-24(32(51)52)19(14-53-31(25)44)15-54-33-38-39-40-41(33)2/h3-11,13,23,25,31H,12,14-15,34-35H2,1-2H3,(H,51,52)(H,36,37,47)/t23?,25?,31-/m0/s1. The van der Waals surface area contributed by atoms with Gasteiger partial charge in [-0.15, -0.1) is 16.9 Å². The molecule has 2 unspecified atom stereocenters. The van der Waals surface area contributed by atoms with Crippen molar-refractivity contribution in [1.82, 2.24) is 40.0 Å². The monoisotopic (exact) mass is 773 g/mol. The molecule has 3 atom stereocenters. The van der Waals surface area contributed by atoms with Gasteiger partial charge in [-0.05, 0) is 45.8 Å². The number of nitrogens with zero attached hydrogens (tertiary/aromatic N) is 8. The molecule has 5 amide bonds. The fourth-order valence-electron chi connectivity index (χ4n) is 5.88. The second kappa shape index (κ2) is 15.5. The number of carbonyl (C=O) groups excluding carboxylic acids is 5. The Kier molecular flexibility index (Phi) is 10.8. The molecule has 2 aliphatic heterocycles. The second-order valence-corrected chi connectivity index (χ2v) is 13.9. The SMILES string of the molecule is CC(=O)N(C(=O)CN)c1ccc(-c2ncc(C(=O)N(C(=O)C(N)c3ccccc3)C3C(=O)N4C(C(=O)O)=C(CSc5nnnn5C)CS[C@@H]34)c(=O)[nH]2)cc1. The summed E-state index contributed by atoms with van der Waals surface area (Å²) in [7, 11) is 1.62. The first-order chi connectivity index (χ1) is 25.8. The molecule has 0 bridgehead atoms. The van der Waals surface area contributed by atoms with Crippen molar-refractivity contribution in [3.8, 4) is 11.4 Å². The van der Waals surface area contributed by atoms with Crippen molar-refractivity contribution in [1.29, 1.82) is 0 Å². The molecule has 4 aromatic rings. The first kappa shape index (κ1) is 37.7. The zero-order valence-corrected chi connectivity index (χ0v) is 30.1. The van der Waals surface area contributed by atoms with Crippen molar-refractivity contribution in [2.24, 2.45) is 18.5 Å². The van der Waals surface area contributed by atoms with E-state index in [1.807, 2.05) is 0 Å². The van der Waals surface area contributed by atoms with E-state index in [9.17, 15) is 38.7 Å². The van der Waals surface area contributed by atoms with E-state index in [0.29, 0.717) is 26.8 Å². The molecule has 21 heteroatoms. The minimum Gasteiger partial charge on any atom is -0.477 e. The number of nitrogens with one attached hydrogen (secondary N) is 1. The summed E-state index contributed by atoms with van der Waals surface area (Å²) in [5, 5.41) is 20.8. The number of carbonyl (C=O) groups is 6. The lowest BCUT2D eigenvalue weighted by Gasteiger charge is -2.52. The summed E-state index contributed by atoms with van der Waals surface area (Å²) in [5.41, 5.74) is 11.2. The Balaban J connectivity index is 1.31. The second-order valence-electron chi connectivity index (χ2n) is 11.9. The number of anilines is 1. The number of tetrazole rings is 1. The molecule has 0 aliphatic carbocycles. The molecular formula is C33H31N11O8S2. The Morgan fingerprint density at radius 1 is 1.09 bits per heavy atom. The minimum atomic E-state index is -1.51. The molecule has 0 saturated carbocycles. The lowest BCUT2D eigenvalue weighted by atomic mass is 9.98. The quantitative estimate of drug-likeness (QED) is 0.114. The topological polar surface area (TPSA) is 274 Å². The number of β-lactam (4-membered cyclic amide) rings is 1. The number of nitrogens with two attached hydrogens (primary N) is 2. The minimum absolute atomic E-state index is 0.00830. The van der Waals surface area contributed by atoms with Crippen molar-refractivity contribution in [3.63, 3.8) is 0 Å². The van der Waals surface area contributed by atoms with Crippen LogP contribution >= 0.6 is 23.5 Å². The molecule has 278 valence electrons. The van der Waals surface area contributed by atoms with Gasteiger partial charge in [0.05, 0.1) is 12.2 Å². The Morgan fingerprint density at radius 3 is 2.39 bits per heavy atom. The maximum atomic E-state index is 14.2. The summed E-state index contributed by atoms with van der Waals surface area (Å²) in [6.45, 7) is 0.809. The molecule has 2 aromatic heterocycles. The highest BCUT2D eigenvalue weighted by atomic mass is 32.2. The number of H-pyrrole nitrogens is 1. The van der Waals surface area contributed by atoms with E-state index in [-0.39, 0.29) is 28.7 Å². The highest BCUT2D eigenvalue weighted by molar-refractivity contribution is 8.01. The Hall–Kier alpha value is -6.03. The number of aliphatic carboxylic acids is 1. The van der Waals surface area contributed by atoms with E-state index in [2.05, 4.69) is 25.5 Å². The van der Waals surface area contributed by atoms with E-state index in [1.165, 1.54) is 47.6 Å². The number of rotatable bonds is 11. The zero-order chi connectivity index (χ0) is 38.8. The van der Waals surface area contributed by atoms with Crippen LogP contribution in [0.5, 0.6) is 0 Å². The molecule has 2 aromatic carbocycles. The number of aryl methyl sites for hydroxylation is 1. The summed E-state index contributed by atoms with van der Waals surface area (Å²) in [5.74, 6) is -5.30. The van der Waals surface area contributed by atoms with Crippen LogP contribution in [0.25, 0.3) is 11.4 Å². The molecule has 4 heterocycles. The van der Waals surface area contributed by atoms with Gasteiger partial charge in [0.1, 0.15) is 34.5 Å². The van der Waals surface area contributed by atoms with Gasteiger partial charge in [0.25, 0.3) is 23.3 Å². The normalized spacial score (nSPS) is 17.0. The first-order valence-corrected chi connectivity index (χ1v) is 18.0. The predicted molar refractivity (Wildman–Crippen MR) is 193 cm³/mol. The van der Waals surface area contributed by atoms with Gasteiger partial charge in [-0.3, -0.25) is 38.6 Å². The van der Waals surface area contributed by atoms with Gasteiger partial charge >= 0.3 is 5.97 Å². The first-order valence-electron chi connectivity index (χ1n) is 16.0. The van der Waals surface area contributed by atoms with Gasteiger partial charge in [-0.1, -0.05) is 42.1 Å². The van der Waals surface area contributed by atoms with Crippen molar-refractivity contribution >= 4 is 64.7 Å². The molecule has 54 heavy (non-hydrogen) atoms. The fourth-order valence-corrected chi connectivity index (χ4v) is 8.25. The summed E-state index contributed by atoms with van der Waals surface area (Å²) >= 11 is 2.32. The van der Waals surface area contributed by atoms with Crippen molar-refractivity contribution in [2.75, 3.05) is 23.0 Å². The molecule has 0 spiro atoms. The Morgan fingerprint density at radius 2 is 1.80 bits per heavy atom. The van der Waals surface area contributed by atoms with Crippen molar-refractivity contribution < 1.29 is 33.9 Å². The van der Waals surface area contributed by atoms with Gasteiger partial charge in [-0.25, -0.2) is 19.4 Å². The van der Waals surface area contributed by atoms with Crippen LogP contribution in [0.3, 0.4) is 0 Å². The van der Waals surface area contributed by atoms with E-state index in [4.69, 9.17) is 11.5 Å². The maximum Gasteiger partial charge on any atom is 0.352 e. The van der Waals surface area contributed by atoms with E-state index >= 15 is 0 Å². The summed E-state index contributed by atoms with van der Waals surface area (Å²) in [6, 6.07) is 11.0. The molecule has 1 saturated heterocycles. The van der Waals surface area contributed by atoms with Crippen LogP contribution in [0.15, 0.2) is 82.0 Å². The molecule has 1 fully saturated rings. The van der Waals surface area contributed by atoms with Crippen LogP contribution in [0.4, 0.5) is 5.69 Å². The number of carboxylic acid groups (broad SMARTS) is 1. The van der Waals surface area contributed by atoms with Crippen LogP contribution in [0.1, 0.15) is 28.9 Å². The number of aromatic nitrogens is 6. The van der Waals surface area contributed by atoms with Crippen LogP contribution in [-0.4, -0.2) is 110 Å². The molecular weight excluding hydrogens is 743 g/mol. The molecule has 0 radical (unpaired) electrons. The number of hydrogen-bond acceptors (Lipinski definition) is 15. The molecule has 6 N–H and O–H groups in total. The third-order valence-corrected chi connectivity index (χ3v) is 10.9. The molecule has 6 rings (SSSR count). The third kappa shape index (κ3) is 7.03. The maximum absolute atomic E-state index is 14.2. The molecule has 19 nitrogen and oxygen atoms in total. The highest BCUT2D eigenvalue weighted by Crippen LogP contribution is 2.44. The van der Waals surface area contributed by atoms with Crippen molar-refractivity contribution in [2.45, 2.75) is 29.5 Å². The number of benzene rings is 2. The van der Waals surface area contributed by atoms with Crippen molar-refractivity contribution in [3.05, 3.63) is 93.5 Å². The van der Waals surface area contributed by atoms with Gasteiger partial charge < -0.3 is 21.6 Å². The largest absolute Gasteiger partial charge is 0.477 e. The summed E-state index contributed by atoms with van der Waals surface area (Å²) < 4.78 is 1.41. The average Bonchev–Trinajstić information content (AvgIpc) is 3.59. The Bertz CT molecular complexity index is 2260. The van der Waals surface area contributed by atoms with Crippen LogP contribution in [0.2, 0.25) is 0 Å². The van der Waals surface area contributed by atoms with Gasteiger partial charge in [-0.2, -0.15) is 0 Å². The number of carboxylic acids is 1. The van der Waals surface area contributed by atoms with Crippen LogP contribution in [-0.2, 0) is 31.0 Å². The number of thioether (sulfide) groups is 2. The fraction of sp³-hybridized carbons (Fsp3) is 0.242. The number of fused-ring (bicyclic) bond motifs is 1. The predicted octanol–water partition coefficient (Wildman–Crippen LogP) is -0.118. The lowest BCUT2D eigenvalue weighted by Crippen LogP contribution is -2.73. The third-order valence-electron chi connectivity index (χ3n) is 8.51. The molecule has 2 aliphatic rings. The highest BCUT2D eigenvalue weighted by Gasteiger charge is 2.59. The number of hydrogen-bond donors (Lipinski definition) is 4. The summed E-state index contributed by atoms with van der Waals surface area (Å²) in [4.78, 5) is 102. The van der Waals surface area contributed by atoms with Gasteiger partial charge in [0, 0.05) is 37.2 Å². The van der Waals surface area contributed by atoms with E-state index < -0.39 is 70.6 Å². The zero-order valence-electron chi connectivity index (χ0n) is 28.5. The van der Waals surface area contributed by atoms with Gasteiger partial charge in [0.2, 0.25) is 17.0 Å².